The molecule has 0 fully saturated rings. The Balaban J connectivity index is 1.64. The fraction of sp³-hybridized carbons (Fsp3) is 0.263. The van der Waals surface area contributed by atoms with Gasteiger partial charge in [0, 0.05) is 35.5 Å². The number of carbonyl (C=O) groups excluding carboxylic acids is 1. The monoisotopic (exact) mass is 417 g/mol. The van der Waals surface area contributed by atoms with Crippen molar-refractivity contribution in [3.05, 3.63) is 57.5 Å². The van der Waals surface area contributed by atoms with Crippen molar-refractivity contribution in [2.24, 2.45) is 7.05 Å². The minimum atomic E-state index is -0.209. The maximum Gasteiger partial charge on any atom is 0.251 e. The molecule has 3 aromatic rings. The molecular formula is C19H20ClN5O2S. The number of nitrogens with zero attached hydrogens (tertiary/aromatic N) is 3. The first-order valence-corrected chi connectivity index (χ1v) is 10.1. The standard InChI is InChI=1S/C19H20ClN5O2S/c1-3-4-14-9-17(26)23-19(21-14)28-11-18(27)22-16-10-15(24-25(16)2)12-5-7-13(20)8-6-12/h5-10H,3-4,11H2,1-2H3,(H,22,27)(H,21,23,26). The zero-order chi connectivity index (χ0) is 20.1. The van der Waals surface area contributed by atoms with Gasteiger partial charge in [-0.05, 0) is 18.6 Å². The highest BCUT2D eigenvalue weighted by atomic mass is 35.5. The van der Waals surface area contributed by atoms with Crippen LogP contribution in [0.2, 0.25) is 5.02 Å². The maximum atomic E-state index is 12.3. The highest BCUT2D eigenvalue weighted by Gasteiger charge is 2.12. The van der Waals surface area contributed by atoms with Crippen LogP contribution >= 0.6 is 23.4 Å². The van der Waals surface area contributed by atoms with Crippen LogP contribution in [0.15, 0.2) is 46.3 Å². The first-order chi connectivity index (χ1) is 13.4. The molecule has 1 amide bonds. The van der Waals surface area contributed by atoms with Crippen LogP contribution in [0.25, 0.3) is 11.3 Å². The second-order valence-electron chi connectivity index (χ2n) is 6.17. The topological polar surface area (TPSA) is 92.7 Å². The van der Waals surface area contributed by atoms with E-state index >= 15 is 0 Å². The number of aryl methyl sites for hydroxylation is 2. The molecule has 0 aliphatic carbocycles. The van der Waals surface area contributed by atoms with E-state index in [4.69, 9.17) is 11.6 Å². The van der Waals surface area contributed by atoms with Gasteiger partial charge in [-0.2, -0.15) is 5.10 Å². The van der Waals surface area contributed by atoms with Crippen LogP contribution in [0.3, 0.4) is 0 Å². The molecule has 0 spiro atoms. The van der Waals surface area contributed by atoms with Gasteiger partial charge in [0.2, 0.25) is 5.91 Å². The van der Waals surface area contributed by atoms with Crippen molar-refractivity contribution in [3.63, 3.8) is 0 Å². The van der Waals surface area contributed by atoms with Gasteiger partial charge in [-0.15, -0.1) is 0 Å². The lowest BCUT2D eigenvalue weighted by molar-refractivity contribution is -0.113. The van der Waals surface area contributed by atoms with Gasteiger partial charge in [0.25, 0.3) is 5.56 Å². The van der Waals surface area contributed by atoms with Crippen LogP contribution in [-0.2, 0) is 18.3 Å². The molecule has 9 heteroatoms. The van der Waals surface area contributed by atoms with E-state index in [0.29, 0.717) is 16.0 Å². The van der Waals surface area contributed by atoms with E-state index in [9.17, 15) is 9.59 Å². The molecule has 2 heterocycles. The van der Waals surface area contributed by atoms with Crippen molar-refractivity contribution >= 4 is 35.1 Å². The van der Waals surface area contributed by atoms with Gasteiger partial charge >= 0.3 is 0 Å². The van der Waals surface area contributed by atoms with Gasteiger partial charge in [0.15, 0.2) is 5.16 Å². The number of nitrogens with one attached hydrogen (secondary N) is 2. The minimum absolute atomic E-state index is 0.125. The molecule has 146 valence electrons. The SMILES string of the molecule is CCCc1cc(=O)[nH]c(SCC(=O)Nc2cc(-c3ccc(Cl)cc3)nn2C)n1. The van der Waals surface area contributed by atoms with E-state index in [1.165, 1.54) is 17.8 Å². The van der Waals surface area contributed by atoms with Crippen LogP contribution in [0.1, 0.15) is 19.0 Å². The molecule has 0 aliphatic heterocycles. The second-order valence-corrected chi connectivity index (χ2v) is 7.57. The van der Waals surface area contributed by atoms with E-state index in [-0.39, 0.29) is 17.2 Å². The third kappa shape index (κ3) is 5.24. The molecule has 1 aromatic carbocycles. The van der Waals surface area contributed by atoms with Crippen molar-refractivity contribution in [1.29, 1.82) is 0 Å². The molecule has 3 rings (SSSR count). The number of thioether (sulfide) groups is 1. The maximum absolute atomic E-state index is 12.3. The number of amides is 1. The number of benzene rings is 1. The molecule has 2 aromatic heterocycles. The van der Waals surface area contributed by atoms with Gasteiger partial charge in [0.1, 0.15) is 5.82 Å². The van der Waals surface area contributed by atoms with Crippen molar-refractivity contribution in [2.45, 2.75) is 24.9 Å². The Kier molecular flexibility index (Phi) is 6.53. The Bertz CT molecular complexity index is 1030. The Morgan fingerprint density at radius 1 is 1.29 bits per heavy atom. The summed E-state index contributed by atoms with van der Waals surface area (Å²) in [6, 6.07) is 10.6. The van der Waals surface area contributed by atoms with Crippen molar-refractivity contribution < 1.29 is 4.79 Å². The summed E-state index contributed by atoms with van der Waals surface area (Å²) in [5.41, 5.74) is 2.17. The number of H-pyrrole nitrogens is 1. The zero-order valence-corrected chi connectivity index (χ0v) is 17.1. The molecule has 2 N–H and O–H groups in total. The Hall–Kier alpha value is -2.58. The number of halogens is 1. The second kappa shape index (κ2) is 9.07. The first-order valence-electron chi connectivity index (χ1n) is 8.77. The smallest absolute Gasteiger partial charge is 0.251 e. The van der Waals surface area contributed by atoms with Gasteiger partial charge in [-0.3, -0.25) is 14.3 Å². The van der Waals surface area contributed by atoms with E-state index in [1.807, 2.05) is 19.1 Å². The summed E-state index contributed by atoms with van der Waals surface area (Å²) in [5, 5.41) is 8.34. The fourth-order valence-corrected chi connectivity index (χ4v) is 3.42. The summed E-state index contributed by atoms with van der Waals surface area (Å²) >= 11 is 7.10. The average molecular weight is 418 g/mol. The number of rotatable bonds is 7. The van der Waals surface area contributed by atoms with Crippen LogP contribution in [0, 0.1) is 0 Å². The first kappa shape index (κ1) is 20.2. The molecule has 0 radical (unpaired) electrons. The van der Waals surface area contributed by atoms with Crippen molar-refractivity contribution in [3.8, 4) is 11.3 Å². The lowest BCUT2D eigenvalue weighted by atomic mass is 10.1. The zero-order valence-electron chi connectivity index (χ0n) is 15.5. The summed E-state index contributed by atoms with van der Waals surface area (Å²) in [6.45, 7) is 2.02. The number of aromatic amines is 1. The summed E-state index contributed by atoms with van der Waals surface area (Å²) < 4.78 is 1.61. The van der Waals surface area contributed by atoms with Crippen LogP contribution < -0.4 is 10.9 Å². The lowest BCUT2D eigenvalue weighted by Gasteiger charge is -2.05. The van der Waals surface area contributed by atoms with E-state index < -0.39 is 0 Å². The normalized spacial score (nSPS) is 10.8. The largest absolute Gasteiger partial charge is 0.310 e. The average Bonchev–Trinajstić information content (AvgIpc) is 3.01. The fourth-order valence-electron chi connectivity index (χ4n) is 2.59. The van der Waals surface area contributed by atoms with E-state index in [0.717, 1.165) is 29.8 Å². The number of anilines is 1. The predicted octanol–water partition coefficient (Wildman–Crippen LogP) is 3.51. The number of carbonyl (C=O) groups is 1. The van der Waals surface area contributed by atoms with Gasteiger partial charge in [-0.25, -0.2) is 4.98 Å². The highest BCUT2D eigenvalue weighted by molar-refractivity contribution is 7.99. The van der Waals surface area contributed by atoms with Crippen LogP contribution in [-0.4, -0.2) is 31.4 Å². The molecule has 28 heavy (non-hydrogen) atoms. The number of aromatic nitrogens is 4. The van der Waals surface area contributed by atoms with E-state index in [1.54, 1.807) is 29.9 Å². The van der Waals surface area contributed by atoms with Gasteiger partial charge in [0.05, 0.1) is 11.4 Å². The third-order valence-corrected chi connectivity index (χ3v) is 5.03. The van der Waals surface area contributed by atoms with E-state index in [2.05, 4.69) is 20.4 Å². The molecule has 0 bridgehead atoms. The molecule has 0 atom stereocenters. The molecule has 7 nitrogen and oxygen atoms in total. The molecule has 0 aliphatic rings. The van der Waals surface area contributed by atoms with Crippen molar-refractivity contribution in [1.82, 2.24) is 19.7 Å². The molecular weight excluding hydrogens is 398 g/mol. The predicted molar refractivity (Wildman–Crippen MR) is 112 cm³/mol. The summed E-state index contributed by atoms with van der Waals surface area (Å²) in [5.74, 6) is 0.496. The Morgan fingerprint density at radius 3 is 2.75 bits per heavy atom. The minimum Gasteiger partial charge on any atom is -0.310 e. The quantitative estimate of drug-likeness (QED) is 0.453. The molecule has 0 saturated carbocycles. The number of hydrogen-bond acceptors (Lipinski definition) is 5. The van der Waals surface area contributed by atoms with Gasteiger partial charge < -0.3 is 10.3 Å². The summed E-state index contributed by atoms with van der Waals surface area (Å²) in [4.78, 5) is 31.0. The highest BCUT2D eigenvalue weighted by Crippen LogP contribution is 2.23. The lowest BCUT2D eigenvalue weighted by Crippen LogP contribution is -2.17. The van der Waals surface area contributed by atoms with Gasteiger partial charge in [-0.1, -0.05) is 48.8 Å². The van der Waals surface area contributed by atoms with Crippen LogP contribution in [0.4, 0.5) is 5.82 Å². The Labute approximate surface area is 171 Å². The number of hydrogen-bond donors (Lipinski definition) is 2. The Morgan fingerprint density at radius 2 is 2.04 bits per heavy atom. The molecule has 0 saturated heterocycles. The molecule has 0 unspecified atom stereocenters. The summed E-state index contributed by atoms with van der Waals surface area (Å²) in [7, 11) is 1.76. The van der Waals surface area contributed by atoms with Crippen LogP contribution in [0.5, 0.6) is 0 Å². The third-order valence-electron chi connectivity index (χ3n) is 3.91. The van der Waals surface area contributed by atoms with Crippen molar-refractivity contribution in [2.75, 3.05) is 11.1 Å². The summed E-state index contributed by atoms with van der Waals surface area (Å²) in [6.07, 6.45) is 1.63.